The van der Waals surface area contributed by atoms with Crippen LogP contribution in [0.25, 0.3) is 0 Å². The molecule has 1 aliphatic heterocycles. The zero-order chi connectivity index (χ0) is 16.1. The molecule has 1 unspecified atom stereocenters. The molecule has 2 fully saturated rings. The number of para-hydroxylation sites is 2. The number of hydrogen-bond acceptors (Lipinski definition) is 4. The Morgan fingerprint density at radius 3 is 2.48 bits per heavy atom. The molecule has 1 saturated heterocycles. The van der Waals surface area contributed by atoms with Crippen molar-refractivity contribution in [2.75, 3.05) is 44.7 Å². The summed E-state index contributed by atoms with van der Waals surface area (Å²) >= 11 is 0. The number of β-amino-alcohol motifs (C(OH)–C–C–N with tert-alkyl or cyclic N) is 1. The van der Waals surface area contributed by atoms with Crippen LogP contribution in [0.2, 0.25) is 0 Å². The third-order valence-electron chi connectivity index (χ3n) is 5.44. The van der Waals surface area contributed by atoms with Gasteiger partial charge in [0.2, 0.25) is 0 Å². The van der Waals surface area contributed by atoms with Crippen LogP contribution in [-0.2, 0) is 0 Å². The lowest BCUT2D eigenvalue weighted by atomic mass is 9.85. The SMILES string of the molecule is COc1ccccc1N1CCN(CC(O)C2CCCCC2)CC1. The monoisotopic (exact) mass is 318 g/mol. The van der Waals surface area contributed by atoms with Gasteiger partial charge in [-0.25, -0.2) is 0 Å². The highest BCUT2D eigenvalue weighted by Gasteiger charge is 2.26. The zero-order valence-electron chi connectivity index (χ0n) is 14.3. The topological polar surface area (TPSA) is 35.9 Å². The summed E-state index contributed by atoms with van der Waals surface area (Å²) in [5, 5.41) is 10.5. The summed E-state index contributed by atoms with van der Waals surface area (Å²) in [5.74, 6) is 1.47. The van der Waals surface area contributed by atoms with Crippen molar-refractivity contribution in [2.45, 2.75) is 38.2 Å². The molecule has 1 saturated carbocycles. The van der Waals surface area contributed by atoms with E-state index in [2.05, 4.69) is 21.9 Å². The second-order valence-corrected chi connectivity index (χ2v) is 6.92. The van der Waals surface area contributed by atoms with Gasteiger partial charge in [-0.2, -0.15) is 0 Å². The summed E-state index contributed by atoms with van der Waals surface area (Å²) in [4.78, 5) is 4.81. The Balaban J connectivity index is 1.50. The summed E-state index contributed by atoms with van der Waals surface area (Å²) in [6.45, 7) is 4.86. The number of anilines is 1. The van der Waals surface area contributed by atoms with Crippen molar-refractivity contribution in [3.8, 4) is 5.75 Å². The number of aliphatic hydroxyl groups is 1. The van der Waals surface area contributed by atoms with Gasteiger partial charge in [0, 0.05) is 32.7 Å². The van der Waals surface area contributed by atoms with E-state index in [0.717, 1.165) is 38.5 Å². The Kier molecular flexibility index (Phi) is 5.79. The molecule has 1 atom stereocenters. The van der Waals surface area contributed by atoms with E-state index in [-0.39, 0.29) is 6.10 Å². The molecule has 23 heavy (non-hydrogen) atoms. The number of ether oxygens (including phenoxy) is 1. The molecule has 1 heterocycles. The maximum Gasteiger partial charge on any atom is 0.142 e. The van der Waals surface area contributed by atoms with Crippen molar-refractivity contribution >= 4 is 5.69 Å². The van der Waals surface area contributed by atoms with Crippen molar-refractivity contribution in [1.29, 1.82) is 0 Å². The molecule has 0 aromatic heterocycles. The van der Waals surface area contributed by atoms with Gasteiger partial charge >= 0.3 is 0 Å². The minimum absolute atomic E-state index is 0.145. The van der Waals surface area contributed by atoms with Crippen LogP contribution in [0, 0.1) is 5.92 Å². The molecule has 3 rings (SSSR count). The van der Waals surface area contributed by atoms with Gasteiger partial charge in [0.15, 0.2) is 0 Å². The number of rotatable bonds is 5. The van der Waals surface area contributed by atoms with Crippen molar-refractivity contribution in [3.63, 3.8) is 0 Å². The van der Waals surface area contributed by atoms with Crippen LogP contribution in [0.15, 0.2) is 24.3 Å². The van der Waals surface area contributed by atoms with Gasteiger partial charge in [-0.05, 0) is 30.9 Å². The highest BCUT2D eigenvalue weighted by atomic mass is 16.5. The lowest BCUT2D eigenvalue weighted by Gasteiger charge is -2.38. The molecule has 0 radical (unpaired) electrons. The normalized spacial score (nSPS) is 22.1. The fraction of sp³-hybridized carbons (Fsp3) is 0.684. The third kappa shape index (κ3) is 4.18. The van der Waals surface area contributed by atoms with Crippen molar-refractivity contribution < 1.29 is 9.84 Å². The number of aliphatic hydroxyl groups excluding tert-OH is 1. The van der Waals surface area contributed by atoms with Crippen molar-refractivity contribution in [1.82, 2.24) is 4.90 Å². The summed E-state index contributed by atoms with van der Waals surface area (Å²) in [6.07, 6.45) is 6.21. The lowest BCUT2D eigenvalue weighted by Crippen LogP contribution is -2.49. The van der Waals surface area contributed by atoms with Crippen LogP contribution < -0.4 is 9.64 Å². The van der Waals surface area contributed by atoms with Crippen LogP contribution in [0.3, 0.4) is 0 Å². The largest absolute Gasteiger partial charge is 0.495 e. The molecule has 4 heteroatoms. The van der Waals surface area contributed by atoms with Crippen LogP contribution >= 0.6 is 0 Å². The Bertz CT molecular complexity index is 480. The van der Waals surface area contributed by atoms with Gasteiger partial charge in [0.05, 0.1) is 18.9 Å². The van der Waals surface area contributed by atoms with Crippen molar-refractivity contribution in [2.24, 2.45) is 5.92 Å². The summed E-state index contributed by atoms with van der Waals surface area (Å²) in [7, 11) is 1.73. The Morgan fingerprint density at radius 2 is 1.78 bits per heavy atom. The van der Waals surface area contributed by atoms with E-state index >= 15 is 0 Å². The summed E-state index contributed by atoms with van der Waals surface area (Å²) in [6, 6.07) is 8.23. The van der Waals surface area contributed by atoms with Crippen LogP contribution in [-0.4, -0.2) is 55.9 Å². The molecule has 0 bridgehead atoms. The van der Waals surface area contributed by atoms with Crippen LogP contribution in [0.1, 0.15) is 32.1 Å². The zero-order valence-corrected chi connectivity index (χ0v) is 14.3. The standard InChI is InChI=1S/C19H30N2O2/c1-23-19-10-6-5-9-17(19)21-13-11-20(12-14-21)15-18(22)16-7-3-2-4-8-16/h5-6,9-10,16,18,22H,2-4,7-8,11-15H2,1H3. The second kappa shape index (κ2) is 8.02. The summed E-state index contributed by atoms with van der Waals surface area (Å²) < 4.78 is 5.47. The molecule has 1 aliphatic carbocycles. The molecule has 1 N–H and O–H groups in total. The van der Waals surface area contributed by atoms with E-state index in [4.69, 9.17) is 4.74 Å². The summed E-state index contributed by atoms with van der Waals surface area (Å²) in [5.41, 5.74) is 1.18. The molecule has 0 amide bonds. The fourth-order valence-corrected chi connectivity index (χ4v) is 3.99. The smallest absolute Gasteiger partial charge is 0.142 e. The van der Waals surface area contributed by atoms with Gasteiger partial charge in [0.1, 0.15) is 5.75 Å². The van der Waals surface area contributed by atoms with Crippen molar-refractivity contribution in [3.05, 3.63) is 24.3 Å². The molecule has 128 valence electrons. The minimum Gasteiger partial charge on any atom is -0.495 e. The van der Waals surface area contributed by atoms with E-state index in [0.29, 0.717) is 5.92 Å². The first-order valence-electron chi connectivity index (χ1n) is 9.06. The second-order valence-electron chi connectivity index (χ2n) is 6.92. The fourth-order valence-electron chi connectivity index (χ4n) is 3.99. The van der Waals surface area contributed by atoms with Crippen LogP contribution in [0.5, 0.6) is 5.75 Å². The average molecular weight is 318 g/mol. The first-order valence-corrected chi connectivity index (χ1v) is 9.06. The number of nitrogens with zero attached hydrogens (tertiary/aromatic N) is 2. The highest BCUT2D eigenvalue weighted by Crippen LogP contribution is 2.29. The molecule has 0 spiro atoms. The molecule has 1 aromatic carbocycles. The van der Waals surface area contributed by atoms with Gasteiger partial charge in [-0.15, -0.1) is 0 Å². The van der Waals surface area contributed by atoms with Gasteiger partial charge in [-0.3, -0.25) is 4.90 Å². The molecule has 4 nitrogen and oxygen atoms in total. The first-order chi connectivity index (χ1) is 11.3. The number of benzene rings is 1. The van der Waals surface area contributed by atoms with Gasteiger partial charge in [0.25, 0.3) is 0 Å². The number of hydrogen-bond donors (Lipinski definition) is 1. The molecule has 2 aliphatic rings. The maximum absolute atomic E-state index is 10.5. The maximum atomic E-state index is 10.5. The Labute approximate surface area is 140 Å². The minimum atomic E-state index is -0.145. The predicted molar refractivity (Wildman–Crippen MR) is 94.2 cm³/mol. The predicted octanol–water partition coefficient (Wildman–Crippen LogP) is 2.76. The van der Waals surface area contributed by atoms with E-state index in [1.54, 1.807) is 7.11 Å². The average Bonchev–Trinajstić information content (AvgIpc) is 2.63. The number of methoxy groups -OCH3 is 1. The van der Waals surface area contributed by atoms with E-state index in [1.807, 2.05) is 12.1 Å². The lowest BCUT2D eigenvalue weighted by molar-refractivity contribution is 0.0459. The molecule has 1 aromatic rings. The van der Waals surface area contributed by atoms with Gasteiger partial charge < -0.3 is 14.7 Å². The van der Waals surface area contributed by atoms with E-state index in [1.165, 1.54) is 37.8 Å². The Morgan fingerprint density at radius 1 is 1.09 bits per heavy atom. The molecular weight excluding hydrogens is 288 g/mol. The third-order valence-corrected chi connectivity index (χ3v) is 5.44. The molecular formula is C19H30N2O2. The number of piperazine rings is 1. The van der Waals surface area contributed by atoms with E-state index < -0.39 is 0 Å². The van der Waals surface area contributed by atoms with Gasteiger partial charge in [-0.1, -0.05) is 31.4 Å². The Hall–Kier alpha value is -1.26. The van der Waals surface area contributed by atoms with E-state index in [9.17, 15) is 5.11 Å². The van der Waals surface area contributed by atoms with Crippen LogP contribution in [0.4, 0.5) is 5.69 Å². The first kappa shape index (κ1) is 16.6. The highest BCUT2D eigenvalue weighted by molar-refractivity contribution is 5.58. The quantitative estimate of drug-likeness (QED) is 0.905.